The first-order valence-electron chi connectivity index (χ1n) is 18.7. The molecule has 0 aromatic carbocycles. The van der Waals surface area contributed by atoms with Crippen molar-refractivity contribution in [1.29, 1.82) is 0 Å². The van der Waals surface area contributed by atoms with Crippen molar-refractivity contribution in [3.8, 4) is 0 Å². The van der Waals surface area contributed by atoms with Crippen LogP contribution in [-0.4, -0.2) is 60.5 Å². The predicted molar refractivity (Wildman–Crippen MR) is 189 cm³/mol. The van der Waals surface area contributed by atoms with Crippen molar-refractivity contribution in [3.63, 3.8) is 0 Å². The van der Waals surface area contributed by atoms with Gasteiger partial charge in [0, 0.05) is 13.0 Å². The summed E-state index contributed by atoms with van der Waals surface area (Å²) in [6.45, 7) is 3.83. The van der Waals surface area contributed by atoms with Crippen molar-refractivity contribution < 1.29 is 42.7 Å². The van der Waals surface area contributed by atoms with Crippen LogP contribution in [0.3, 0.4) is 0 Å². The van der Waals surface area contributed by atoms with Crippen LogP contribution in [0.4, 0.5) is 0 Å². The molecule has 0 aliphatic rings. The molecule has 0 heterocycles. The molecule has 278 valence electrons. The van der Waals surface area contributed by atoms with E-state index in [1.807, 2.05) is 0 Å². The van der Waals surface area contributed by atoms with E-state index in [-0.39, 0.29) is 13.0 Å². The minimum Gasteiger partial charge on any atom is -0.480 e. The van der Waals surface area contributed by atoms with E-state index in [0.717, 1.165) is 38.5 Å². The van der Waals surface area contributed by atoms with Gasteiger partial charge in [0.2, 0.25) is 0 Å². The zero-order valence-electron chi connectivity index (χ0n) is 29.9. The van der Waals surface area contributed by atoms with Gasteiger partial charge in [0.05, 0.1) is 19.8 Å². The van der Waals surface area contributed by atoms with Gasteiger partial charge < -0.3 is 25.2 Å². The minimum absolute atomic E-state index is 0.0172. The Bertz CT molecular complexity index is 811. The van der Waals surface area contributed by atoms with Crippen LogP contribution in [-0.2, 0) is 32.7 Å². The number of carboxylic acids is 1. The first-order chi connectivity index (χ1) is 22.7. The number of hydrogen-bond donors (Lipinski definition) is 3. The Labute approximate surface area is 286 Å². The summed E-state index contributed by atoms with van der Waals surface area (Å²) in [7, 11) is -4.60. The standard InChI is InChI=1S/C36H70NO9P/c1-3-5-7-9-11-13-15-17-18-20-22-24-26-28-35(38)46-33(31-44-47(41,42)45-32-34(37)36(39)40)30-43-29-27-25-23-21-19-16-14-12-10-8-6-4-2/h10,12,33-34H,3-9,11,13-32,37H2,1-2H3,(H,39,40)(H,41,42)/b12-10-. The second-order valence-corrected chi connectivity index (χ2v) is 14.2. The molecule has 0 rings (SSSR count). The van der Waals surface area contributed by atoms with Gasteiger partial charge in [-0.1, -0.05) is 142 Å². The third-order valence-corrected chi connectivity index (χ3v) is 9.00. The largest absolute Gasteiger partial charge is 0.480 e. The van der Waals surface area contributed by atoms with Gasteiger partial charge in [-0.15, -0.1) is 0 Å². The second-order valence-electron chi connectivity index (χ2n) is 12.7. The van der Waals surface area contributed by atoms with Gasteiger partial charge in [-0.3, -0.25) is 18.6 Å². The molecule has 10 nitrogen and oxygen atoms in total. The number of phosphoric ester groups is 1. The fourth-order valence-corrected chi connectivity index (χ4v) is 5.83. The van der Waals surface area contributed by atoms with Crippen molar-refractivity contribution in [2.45, 2.75) is 180 Å². The third-order valence-electron chi connectivity index (χ3n) is 8.04. The smallest absolute Gasteiger partial charge is 0.472 e. The Morgan fingerprint density at radius 1 is 0.660 bits per heavy atom. The van der Waals surface area contributed by atoms with E-state index < -0.39 is 45.1 Å². The van der Waals surface area contributed by atoms with E-state index in [1.54, 1.807) is 0 Å². The fourth-order valence-electron chi connectivity index (χ4n) is 5.05. The topological polar surface area (TPSA) is 155 Å². The lowest BCUT2D eigenvalue weighted by Gasteiger charge is -2.20. The number of carboxylic acid groups (broad SMARTS) is 1. The third kappa shape index (κ3) is 33.0. The van der Waals surface area contributed by atoms with Crippen LogP contribution in [0.15, 0.2) is 12.2 Å². The first-order valence-corrected chi connectivity index (χ1v) is 20.2. The summed E-state index contributed by atoms with van der Waals surface area (Å²) >= 11 is 0. The zero-order valence-corrected chi connectivity index (χ0v) is 30.8. The number of aliphatic carboxylic acids is 1. The van der Waals surface area contributed by atoms with Crippen LogP contribution in [0.25, 0.3) is 0 Å². The van der Waals surface area contributed by atoms with E-state index in [4.69, 9.17) is 24.8 Å². The summed E-state index contributed by atoms with van der Waals surface area (Å²) in [4.78, 5) is 33.3. The summed E-state index contributed by atoms with van der Waals surface area (Å²) in [5.74, 6) is -1.78. The molecule has 11 heteroatoms. The Balaban J connectivity index is 4.31. The molecule has 0 aromatic heterocycles. The maximum absolute atomic E-state index is 12.5. The number of allylic oxidation sites excluding steroid dienone is 2. The molecule has 0 fully saturated rings. The van der Waals surface area contributed by atoms with Gasteiger partial charge in [-0.05, 0) is 32.1 Å². The quantitative estimate of drug-likeness (QED) is 0.0250. The molecular weight excluding hydrogens is 621 g/mol. The summed E-state index contributed by atoms with van der Waals surface area (Å²) in [6.07, 6.45) is 31.2. The van der Waals surface area contributed by atoms with Gasteiger partial charge in [0.25, 0.3) is 0 Å². The number of unbranched alkanes of at least 4 members (excludes halogenated alkanes) is 20. The van der Waals surface area contributed by atoms with Gasteiger partial charge >= 0.3 is 19.8 Å². The van der Waals surface area contributed by atoms with Crippen LogP contribution in [0.1, 0.15) is 168 Å². The molecule has 0 saturated carbocycles. The average Bonchev–Trinajstić information content (AvgIpc) is 3.04. The highest BCUT2D eigenvalue weighted by Crippen LogP contribution is 2.43. The van der Waals surface area contributed by atoms with Gasteiger partial charge in [-0.2, -0.15) is 0 Å². The van der Waals surface area contributed by atoms with Crippen LogP contribution in [0.2, 0.25) is 0 Å². The maximum Gasteiger partial charge on any atom is 0.472 e. The van der Waals surface area contributed by atoms with E-state index in [0.29, 0.717) is 13.0 Å². The number of nitrogens with two attached hydrogens (primary N) is 1. The van der Waals surface area contributed by atoms with Crippen molar-refractivity contribution >= 4 is 19.8 Å². The van der Waals surface area contributed by atoms with Crippen LogP contribution in [0.5, 0.6) is 0 Å². The lowest BCUT2D eigenvalue weighted by molar-refractivity contribution is -0.154. The molecule has 0 amide bonds. The summed E-state index contributed by atoms with van der Waals surface area (Å²) in [6, 6.07) is -1.47. The highest BCUT2D eigenvalue weighted by Gasteiger charge is 2.27. The summed E-state index contributed by atoms with van der Waals surface area (Å²) < 4.78 is 33.2. The molecule has 4 N–H and O–H groups in total. The van der Waals surface area contributed by atoms with Crippen LogP contribution < -0.4 is 5.73 Å². The lowest BCUT2D eigenvalue weighted by atomic mass is 10.0. The maximum atomic E-state index is 12.5. The number of carbonyl (C=O) groups excluding carboxylic acids is 1. The number of ether oxygens (including phenoxy) is 2. The van der Waals surface area contributed by atoms with Gasteiger partial charge in [0.15, 0.2) is 0 Å². The molecule has 0 aliphatic carbocycles. The molecule has 0 spiro atoms. The van der Waals surface area contributed by atoms with Gasteiger partial charge in [0.1, 0.15) is 12.1 Å². The molecule has 0 bridgehead atoms. The molecule has 0 radical (unpaired) electrons. The van der Waals surface area contributed by atoms with Crippen molar-refractivity contribution in [2.75, 3.05) is 26.4 Å². The van der Waals surface area contributed by atoms with E-state index in [2.05, 4.69) is 30.5 Å². The Kier molecular flexibility index (Phi) is 32.3. The first kappa shape index (κ1) is 45.7. The Morgan fingerprint density at radius 3 is 1.68 bits per heavy atom. The molecular formula is C36H70NO9P. The monoisotopic (exact) mass is 691 g/mol. The highest BCUT2D eigenvalue weighted by atomic mass is 31.2. The summed E-state index contributed by atoms with van der Waals surface area (Å²) in [5.41, 5.74) is 5.33. The van der Waals surface area contributed by atoms with Gasteiger partial charge in [-0.25, -0.2) is 4.57 Å². The molecule has 0 aliphatic heterocycles. The van der Waals surface area contributed by atoms with Crippen LogP contribution >= 0.6 is 7.82 Å². The molecule has 0 aromatic rings. The highest BCUT2D eigenvalue weighted by molar-refractivity contribution is 7.47. The predicted octanol–water partition coefficient (Wildman–Crippen LogP) is 9.42. The number of rotatable bonds is 36. The molecule has 47 heavy (non-hydrogen) atoms. The Morgan fingerprint density at radius 2 is 1.13 bits per heavy atom. The number of esters is 1. The SMILES string of the molecule is CCCC/C=C\CCCCCCCCOCC(COP(=O)(O)OCC(N)C(=O)O)OC(=O)CCCCCCCCCCCCCCC. The molecule has 0 saturated heterocycles. The zero-order chi connectivity index (χ0) is 34.9. The second kappa shape index (κ2) is 33.2. The van der Waals surface area contributed by atoms with Crippen LogP contribution in [0, 0.1) is 0 Å². The fraction of sp³-hybridized carbons (Fsp3) is 0.889. The average molecular weight is 692 g/mol. The molecule has 3 atom stereocenters. The van der Waals surface area contributed by atoms with E-state index in [1.165, 1.54) is 103 Å². The Hall–Kier alpha value is -1.29. The van der Waals surface area contributed by atoms with Crippen molar-refractivity contribution in [1.82, 2.24) is 0 Å². The number of phosphoric acid groups is 1. The normalized spacial score (nSPS) is 14.3. The molecule has 3 unspecified atom stereocenters. The summed E-state index contributed by atoms with van der Waals surface area (Å²) in [5, 5.41) is 8.85. The number of carbonyl (C=O) groups is 2. The van der Waals surface area contributed by atoms with Crippen molar-refractivity contribution in [3.05, 3.63) is 12.2 Å². The van der Waals surface area contributed by atoms with E-state index in [9.17, 15) is 19.0 Å². The van der Waals surface area contributed by atoms with E-state index >= 15 is 0 Å². The minimum atomic E-state index is -4.60. The van der Waals surface area contributed by atoms with Crippen molar-refractivity contribution in [2.24, 2.45) is 5.73 Å². The lowest BCUT2D eigenvalue weighted by Crippen LogP contribution is -2.34. The number of hydrogen-bond acceptors (Lipinski definition) is 8.